The van der Waals surface area contributed by atoms with Gasteiger partial charge in [-0.3, -0.25) is 0 Å². The number of nitrogens with two attached hydrogens (primary N) is 1. The van der Waals surface area contributed by atoms with Gasteiger partial charge in [0.25, 0.3) is 0 Å². The number of likely N-dealkylation sites (tertiary alicyclic amines) is 1. The van der Waals surface area contributed by atoms with Crippen molar-refractivity contribution in [1.82, 2.24) is 4.90 Å². The van der Waals surface area contributed by atoms with Crippen molar-refractivity contribution in [3.63, 3.8) is 0 Å². The molecule has 0 aromatic rings. The van der Waals surface area contributed by atoms with Crippen LogP contribution in [-0.4, -0.2) is 31.1 Å². The average molecular weight is 144 g/mol. The molecule has 3 nitrogen and oxygen atoms in total. The highest BCUT2D eigenvalue weighted by Crippen LogP contribution is 2.06. The van der Waals surface area contributed by atoms with Gasteiger partial charge in [-0.25, -0.2) is 5.90 Å². The Labute approximate surface area is 62.1 Å². The van der Waals surface area contributed by atoms with E-state index in [1.54, 1.807) is 0 Å². The SMILES string of the molecule is NOCCCN1CCCC1. The van der Waals surface area contributed by atoms with Gasteiger partial charge in [-0.15, -0.1) is 0 Å². The van der Waals surface area contributed by atoms with Crippen molar-refractivity contribution in [3.8, 4) is 0 Å². The van der Waals surface area contributed by atoms with E-state index in [0.717, 1.165) is 13.0 Å². The minimum Gasteiger partial charge on any atom is -0.305 e. The maximum Gasteiger partial charge on any atom is 0.0691 e. The first-order valence-corrected chi connectivity index (χ1v) is 3.97. The van der Waals surface area contributed by atoms with Gasteiger partial charge < -0.3 is 9.74 Å². The van der Waals surface area contributed by atoms with E-state index in [0.29, 0.717) is 6.61 Å². The van der Waals surface area contributed by atoms with Gasteiger partial charge in [0, 0.05) is 6.54 Å². The monoisotopic (exact) mass is 144 g/mol. The number of hydrogen-bond donors (Lipinski definition) is 1. The Morgan fingerprint density at radius 2 is 2.00 bits per heavy atom. The molecule has 0 bridgehead atoms. The summed E-state index contributed by atoms with van der Waals surface area (Å²) in [5, 5.41) is 0. The van der Waals surface area contributed by atoms with Crippen LogP contribution in [0.1, 0.15) is 19.3 Å². The van der Waals surface area contributed by atoms with Crippen molar-refractivity contribution < 1.29 is 4.84 Å². The molecule has 0 spiro atoms. The lowest BCUT2D eigenvalue weighted by molar-refractivity contribution is 0.126. The van der Waals surface area contributed by atoms with E-state index in [2.05, 4.69) is 9.74 Å². The number of nitrogens with zero attached hydrogens (tertiary/aromatic N) is 1. The summed E-state index contributed by atoms with van der Waals surface area (Å²) in [5.74, 6) is 4.89. The lowest BCUT2D eigenvalue weighted by Gasteiger charge is -2.12. The van der Waals surface area contributed by atoms with Crippen LogP contribution >= 0.6 is 0 Å². The predicted octanol–water partition coefficient (Wildman–Crippen LogP) is 0.363. The molecule has 1 aliphatic heterocycles. The molecule has 0 saturated carbocycles. The van der Waals surface area contributed by atoms with Gasteiger partial charge in [0.15, 0.2) is 0 Å². The average Bonchev–Trinajstić information content (AvgIpc) is 2.41. The van der Waals surface area contributed by atoms with E-state index in [4.69, 9.17) is 5.90 Å². The Kier molecular flexibility index (Phi) is 3.72. The van der Waals surface area contributed by atoms with Crippen molar-refractivity contribution in [2.45, 2.75) is 19.3 Å². The topological polar surface area (TPSA) is 38.5 Å². The summed E-state index contributed by atoms with van der Waals surface area (Å²) in [6.07, 6.45) is 3.80. The van der Waals surface area contributed by atoms with Gasteiger partial charge in [-0.05, 0) is 32.4 Å². The van der Waals surface area contributed by atoms with Gasteiger partial charge in [-0.2, -0.15) is 0 Å². The smallest absolute Gasteiger partial charge is 0.0691 e. The van der Waals surface area contributed by atoms with E-state index >= 15 is 0 Å². The molecule has 60 valence electrons. The third-order valence-corrected chi connectivity index (χ3v) is 1.94. The molecule has 1 saturated heterocycles. The fraction of sp³-hybridized carbons (Fsp3) is 1.00. The second-order valence-corrected chi connectivity index (χ2v) is 2.77. The standard InChI is InChI=1S/C7H16N2O/c8-10-7-3-6-9-4-1-2-5-9/h1-8H2. The molecular formula is C7H16N2O. The molecule has 0 aromatic heterocycles. The fourth-order valence-electron chi connectivity index (χ4n) is 1.38. The van der Waals surface area contributed by atoms with Crippen molar-refractivity contribution in [2.75, 3.05) is 26.2 Å². The van der Waals surface area contributed by atoms with Crippen LogP contribution in [0.25, 0.3) is 0 Å². The Morgan fingerprint density at radius 1 is 1.30 bits per heavy atom. The normalized spacial score (nSPS) is 20.1. The molecule has 0 radical (unpaired) electrons. The number of hydrogen-bond acceptors (Lipinski definition) is 3. The molecular weight excluding hydrogens is 128 g/mol. The maximum absolute atomic E-state index is 4.89. The summed E-state index contributed by atoms with van der Waals surface area (Å²) in [6.45, 7) is 4.38. The van der Waals surface area contributed by atoms with Crippen LogP contribution in [0.15, 0.2) is 0 Å². The Balaban J connectivity index is 1.91. The van der Waals surface area contributed by atoms with Crippen LogP contribution in [-0.2, 0) is 4.84 Å². The van der Waals surface area contributed by atoms with Gasteiger partial charge in [0.2, 0.25) is 0 Å². The zero-order valence-electron chi connectivity index (χ0n) is 6.38. The first-order valence-electron chi connectivity index (χ1n) is 3.97. The van der Waals surface area contributed by atoms with Gasteiger partial charge >= 0.3 is 0 Å². The van der Waals surface area contributed by atoms with Crippen molar-refractivity contribution in [3.05, 3.63) is 0 Å². The highest BCUT2D eigenvalue weighted by atomic mass is 16.6. The summed E-state index contributed by atoms with van der Waals surface area (Å²) in [6, 6.07) is 0. The second kappa shape index (κ2) is 4.66. The van der Waals surface area contributed by atoms with Crippen molar-refractivity contribution in [1.29, 1.82) is 0 Å². The summed E-state index contributed by atoms with van der Waals surface area (Å²) in [7, 11) is 0. The molecule has 1 aliphatic rings. The van der Waals surface area contributed by atoms with Gasteiger partial charge in [0.05, 0.1) is 6.61 Å². The molecule has 3 heteroatoms. The Bertz CT molecular complexity index is 81.7. The van der Waals surface area contributed by atoms with Gasteiger partial charge in [0.1, 0.15) is 0 Å². The molecule has 0 unspecified atom stereocenters. The van der Waals surface area contributed by atoms with Crippen LogP contribution < -0.4 is 5.90 Å². The quantitative estimate of drug-likeness (QED) is 0.457. The summed E-state index contributed by atoms with van der Waals surface area (Å²) >= 11 is 0. The third-order valence-electron chi connectivity index (χ3n) is 1.94. The minimum atomic E-state index is 0.691. The van der Waals surface area contributed by atoms with Crippen LogP contribution in [0.4, 0.5) is 0 Å². The second-order valence-electron chi connectivity index (χ2n) is 2.77. The van der Waals surface area contributed by atoms with E-state index in [9.17, 15) is 0 Å². The van der Waals surface area contributed by atoms with Crippen LogP contribution in [0.2, 0.25) is 0 Å². The summed E-state index contributed by atoms with van der Waals surface area (Å²) in [5.41, 5.74) is 0. The Morgan fingerprint density at radius 3 is 2.60 bits per heavy atom. The molecule has 1 fully saturated rings. The summed E-state index contributed by atoms with van der Waals surface area (Å²) < 4.78 is 0. The molecule has 0 aromatic carbocycles. The predicted molar refractivity (Wildman–Crippen MR) is 40.4 cm³/mol. The first-order chi connectivity index (χ1) is 4.93. The van der Waals surface area contributed by atoms with Crippen LogP contribution in [0.5, 0.6) is 0 Å². The molecule has 10 heavy (non-hydrogen) atoms. The highest BCUT2D eigenvalue weighted by molar-refractivity contribution is 4.65. The number of rotatable bonds is 4. The van der Waals surface area contributed by atoms with E-state index in [1.807, 2.05) is 0 Å². The molecule has 1 heterocycles. The largest absolute Gasteiger partial charge is 0.305 e. The minimum absolute atomic E-state index is 0.691. The van der Waals surface area contributed by atoms with Crippen molar-refractivity contribution >= 4 is 0 Å². The molecule has 0 aliphatic carbocycles. The van der Waals surface area contributed by atoms with Gasteiger partial charge in [-0.1, -0.05) is 0 Å². The zero-order chi connectivity index (χ0) is 7.23. The zero-order valence-corrected chi connectivity index (χ0v) is 6.38. The lowest BCUT2D eigenvalue weighted by atomic mass is 10.4. The molecule has 1 rings (SSSR count). The third kappa shape index (κ3) is 2.64. The summed E-state index contributed by atoms with van der Waals surface area (Å²) in [4.78, 5) is 6.93. The van der Waals surface area contributed by atoms with Crippen LogP contribution in [0.3, 0.4) is 0 Å². The maximum atomic E-state index is 4.89. The fourth-order valence-corrected chi connectivity index (χ4v) is 1.38. The highest BCUT2D eigenvalue weighted by Gasteiger charge is 2.09. The molecule has 0 amide bonds. The Hall–Kier alpha value is -0.120. The lowest BCUT2D eigenvalue weighted by Crippen LogP contribution is -2.21. The van der Waals surface area contributed by atoms with E-state index in [1.165, 1.54) is 25.9 Å². The van der Waals surface area contributed by atoms with Crippen molar-refractivity contribution in [2.24, 2.45) is 5.90 Å². The molecule has 0 atom stereocenters. The first kappa shape index (κ1) is 7.98. The molecule has 2 N–H and O–H groups in total. The van der Waals surface area contributed by atoms with E-state index in [-0.39, 0.29) is 0 Å². The van der Waals surface area contributed by atoms with Crippen LogP contribution in [0, 0.1) is 0 Å². The van der Waals surface area contributed by atoms with E-state index < -0.39 is 0 Å².